The lowest BCUT2D eigenvalue weighted by Gasteiger charge is -2.11. The van der Waals surface area contributed by atoms with E-state index < -0.39 is 17.5 Å². The van der Waals surface area contributed by atoms with Crippen molar-refractivity contribution in [3.63, 3.8) is 0 Å². The molecule has 8 heteroatoms. The quantitative estimate of drug-likeness (QED) is 0.379. The average Bonchev–Trinajstić information content (AvgIpc) is 2.46. The van der Waals surface area contributed by atoms with Gasteiger partial charge in [-0.3, -0.25) is 0 Å². The summed E-state index contributed by atoms with van der Waals surface area (Å²) in [6, 6.07) is 5.13. The lowest BCUT2D eigenvalue weighted by atomic mass is 10.2. The van der Waals surface area contributed by atoms with Gasteiger partial charge in [-0.2, -0.15) is 0 Å². The third kappa shape index (κ3) is 3.10. The van der Waals surface area contributed by atoms with E-state index in [1.807, 2.05) is 0 Å². The molecule has 0 heterocycles. The Morgan fingerprint density at radius 2 is 1.81 bits per heavy atom. The highest BCUT2D eigenvalue weighted by atomic mass is 79.9. The predicted molar refractivity (Wildman–Crippen MR) is 73.0 cm³/mol. The summed E-state index contributed by atoms with van der Waals surface area (Å²) in [5.74, 6) is -3.56. The van der Waals surface area contributed by atoms with Crippen LogP contribution in [0.1, 0.15) is 5.56 Å². The number of amidine groups is 1. The molecule has 0 unspecified atom stereocenters. The number of oxime groups is 1. The van der Waals surface area contributed by atoms with E-state index in [-0.39, 0.29) is 27.4 Å². The molecular formula is C13H8BrF3N2O2. The Kier molecular flexibility index (Phi) is 4.37. The highest BCUT2D eigenvalue weighted by Crippen LogP contribution is 2.32. The fourth-order valence-electron chi connectivity index (χ4n) is 1.54. The lowest BCUT2D eigenvalue weighted by molar-refractivity contribution is 0.318. The summed E-state index contributed by atoms with van der Waals surface area (Å²) in [5.41, 5.74) is 5.47. The molecule has 0 atom stereocenters. The molecule has 0 radical (unpaired) electrons. The molecule has 0 saturated carbocycles. The molecule has 4 nitrogen and oxygen atoms in total. The molecule has 0 aromatic heterocycles. The number of hydrogen-bond acceptors (Lipinski definition) is 3. The predicted octanol–water partition coefficient (Wildman–Crippen LogP) is 3.75. The number of ether oxygens (including phenoxy) is 1. The standard InChI is InChI=1S/C13H8BrF3N2O2/c14-11-7(13(18)19-20)2-4-10(12(11)17)21-9-3-1-6(15)5-8(9)16/h1-5,20H,(H2,18,19). The van der Waals surface area contributed by atoms with Crippen molar-refractivity contribution >= 4 is 21.8 Å². The second kappa shape index (κ2) is 6.04. The molecule has 0 spiro atoms. The number of benzene rings is 2. The van der Waals surface area contributed by atoms with Crippen molar-refractivity contribution in [2.75, 3.05) is 0 Å². The second-order valence-corrected chi connectivity index (χ2v) is 4.69. The van der Waals surface area contributed by atoms with E-state index in [9.17, 15) is 13.2 Å². The first-order valence-corrected chi connectivity index (χ1v) is 6.32. The minimum Gasteiger partial charge on any atom is -0.451 e. The van der Waals surface area contributed by atoms with Gasteiger partial charge in [0.2, 0.25) is 0 Å². The van der Waals surface area contributed by atoms with E-state index in [4.69, 9.17) is 15.7 Å². The molecule has 2 aromatic rings. The molecule has 0 amide bonds. The average molecular weight is 361 g/mol. The summed E-state index contributed by atoms with van der Waals surface area (Å²) in [4.78, 5) is 0. The van der Waals surface area contributed by atoms with Crippen LogP contribution in [0, 0.1) is 17.5 Å². The Bertz CT molecular complexity index is 723. The number of halogens is 4. The zero-order valence-electron chi connectivity index (χ0n) is 10.3. The summed E-state index contributed by atoms with van der Waals surface area (Å²) in [5, 5.41) is 11.3. The molecule has 2 rings (SSSR count). The van der Waals surface area contributed by atoms with Crippen LogP contribution in [0.5, 0.6) is 11.5 Å². The number of nitrogens with two attached hydrogens (primary N) is 1. The molecule has 0 bridgehead atoms. The normalized spacial score (nSPS) is 11.5. The SMILES string of the molecule is N/C(=N/O)c1ccc(Oc2ccc(F)cc2F)c(F)c1Br. The van der Waals surface area contributed by atoms with Crippen molar-refractivity contribution < 1.29 is 23.1 Å². The van der Waals surface area contributed by atoms with Crippen LogP contribution in [0.15, 0.2) is 40.0 Å². The van der Waals surface area contributed by atoms with Gasteiger partial charge >= 0.3 is 0 Å². The molecule has 110 valence electrons. The van der Waals surface area contributed by atoms with Crippen LogP contribution in [0.4, 0.5) is 13.2 Å². The third-order valence-corrected chi connectivity index (χ3v) is 3.32. The summed E-state index contributed by atoms with van der Waals surface area (Å²) in [6.45, 7) is 0. The van der Waals surface area contributed by atoms with Crippen molar-refractivity contribution in [2.45, 2.75) is 0 Å². The van der Waals surface area contributed by atoms with Crippen LogP contribution in [0.25, 0.3) is 0 Å². The first kappa shape index (κ1) is 15.2. The van der Waals surface area contributed by atoms with Crippen LogP contribution in [0.3, 0.4) is 0 Å². The molecule has 0 aliphatic heterocycles. The highest BCUT2D eigenvalue weighted by Gasteiger charge is 2.17. The Morgan fingerprint density at radius 1 is 1.14 bits per heavy atom. The summed E-state index contributed by atoms with van der Waals surface area (Å²) in [6.07, 6.45) is 0. The molecule has 0 saturated heterocycles. The largest absolute Gasteiger partial charge is 0.451 e. The number of nitrogens with zero attached hydrogens (tertiary/aromatic N) is 1. The van der Waals surface area contributed by atoms with Gasteiger partial charge in [0.25, 0.3) is 0 Å². The fraction of sp³-hybridized carbons (Fsp3) is 0. The van der Waals surface area contributed by atoms with Crippen molar-refractivity contribution in [1.29, 1.82) is 0 Å². The van der Waals surface area contributed by atoms with Crippen molar-refractivity contribution in [2.24, 2.45) is 10.9 Å². The molecule has 0 aliphatic rings. The summed E-state index contributed by atoms with van der Waals surface area (Å²) >= 11 is 2.94. The number of rotatable bonds is 3. The number of hydrogen-bond donors (Lipinski definition) is 2. The zero-order chi connectivity index (χ0) is 15.6. The second-order valence-electron chi connectivity index (χ2n) is 3.90. The first-order chi connectivity index (χ1) is 9.93. The van der Waals surface area contributed by atoms with E-state index in [1.54, 1.807) is 0 Å². The Morgan fingerprint density at radius 3 is 2.43 bits per heavy atom. The van der Waals surface area contributed by atoms with E-state index in [2.05, 4.69) is 21.1 Å². The van der Waals surface area contributed by atoms with Crippen LogP contribution in [-0.2, 0) is 0 Å². The first-order valence-electron chi connectivity index (χ1n) is 5.53. The summed E-state index contributed by atoms with van der Waals surface area (Å²) < 4.78 is 45.3. The van der Waals surface area contributed by atoms with Gasteiger partial charge in [0.1, 0.15) is 5.82 Å². The van der Waals surface area contributed by atoms with Gasteiger partial charge in [0.15, 0.2) is 29.0 Å². The smallest absolute Gasteiger partial charge is 0.180 e. The molecule has 2 aromatic carbocycles. The van der Waals surface area contributed by atoms with Crippen LogP contribution in [0.2, 0.25) is 0 Å². The fourth-order valence-corrected chi connectivity index (χ4v) is 2.07. The van der Waals surface area contributed by atoms with E-state index in [1.165, 1.54) is 12.1 Å². The maximum atomic E-state index is 14.1. The maximum Gasteiger partial charge on any atom is 0.180 e. The molecule has 0 fully saturated rings. The Labute approximate surface area is 125 Å². The van der Waals surface area contributed by atoms with Gasteiger partial charge < -0.3 is 15.7 Å². The Balaban J connectivity index is 2.40. The van der Waals surface area contributed by atoms with Crippen LogP contribution in [-0.4, -0.2) is 11.0 Å². The topological polar surface area (TPSA) is 67.8 Å². The van der Waals surface area contributed by atoms with Gasteiger partial charge in [0.05, 0.1) is 4.47 Å². The van der Waals surface area contributed by atoms with E-state index in [0.717, 1.165) is 12.1 Å². The van der Waals surface area contributed by atoms with Crippen LogP contribution >= 0.6 is 15.9 Å². The Hall–Kier alpha value is -2.22. The summed E-state index contributed by atoms with van der Waals surface area (Å²) in [7, 11) is 0. The van der Waals surface area contributed by atoms with Crippen LogP contribution < -0.4 is 10.5 Å². The van der Waals surface area contributed by atoms with Gasteiger partial charge in [-0.15, -0.1) is 0 Å². The minimum absolute atomic E-state index is 0.0990. The van der Waals surface area contributed by atoms with Gasteiger partial charge in [-0.1, -0.05) is 5.16 Å². The molecule has 3 N–H and O–H groups in total. The minimum atomic E-state index is -0.967. The molecular weight excluding hydrogens is 353 g/mol. The monoisotopic (exact) mass is 360 g/mol. The van der Waals surface area contributed by atoms with Crippen molar-refractivity contribution in [3.8, 4) is 11.5 Å². The maximum absolute atomic E-state index is 14.1. The van der Waals surface area contributed by atoms with E-state index >= 15 is 0 Å². The lowest BCUT2D eigenvalue weighted by Crippen LogP contribution is -2.14. The van der Waals surface area contributed by atoms with Crippen molar-refractivity contribution in [3.05, 3.63) is 57.8 Å². The zero-order valence-corrected chi connectivity index (χ0v) is 11.9. The van der Waals surface area contributed by atoms with E-state index in [0.29, 0.717) is 6.07 Å². The highest BCUT2D eigenvalue weighted by molar-refractivity contribution is 9.10. The van der Waals surface area contributed by atoms with Gasteiger partial charge in [0, 0.05) is 11.6 Å². The van der Waals surface area contributed by atoms with Gasteiger partial charge in [-0.25, -0.2) is 13.2 Å². The molecule has 21 heavy (non-hydrogen) atoms. The van der Waals surface area contributed by atoms with Crippen molar-refractivity contribution in [1.82, 2.24) is 0 Å². The third-order valence-electron chi connectivity index (χ3n) is 2.54. The van der Waals surface area contributed by atoms with Gasteiger partial charge in [-0.05, 0) is 40.2 Å². The molecule has 0 aliphatic carbocycles.